The molecule has 102 valence electrons. The highest BCUT2D eigenvalue weighted by Gasteiger charge is 2.21. The van der Waals surface area contributed by atoms with Crippen molar-refractivity contribution in [2.24, 2.45) is 0 Å². The van der Waals surface area contributed by atoms with E-state index in [4.69, 9.17) is 4.98 Å². The van der Waals surface area contributed by atoms with Gasteiger partial charge in [0.2, 0.25) is 0 Å². The van der Waals surface area contributed by atoms with Gasteiger partial charge >= 0.3 is 0 Å². The monoisotopic (exact) mass is 267 g/mol. The Hall–Kier alpha value is -0.610. The third kappa shape index (κ3) is 3.45. The first kappa shape index (κ1) is 13.8. The molecular weight excluding hydrogens is 242 g/mol. The van der Waals surface area contributed by atoms with Crippen LogP contribution >= 0.6 is 11.3 Å². The van der Waals surface area contributed by atoms with Gasteiger partial charge in [0.25, 0.3) is 0 Å². The lowest BCUT2D eigenvalue weighted by Gasteiger charge is -2.23. The standard InChI is InChI=1S/C14H25N3S/c1-5-6-10(2)17(4)14-16-11(3)13(18-14)9-15-12-7-8-12/h10,12,15H,5-9H2,1-4H3. The van der Waals surface area contributed by atoms with E-state index in [-0.39, 0.29) is 0 Å². The minimum absolute atomic E-state index is 0.574. The van der Waals surface area contributed by atoms with Crippen LogP contribution in [0.5, 0.6) is 0 Å². The summed E-state index contributed by atoms with van der Waals surface area (Å²) in [6.45, 7) is 7.64. The van der Waals surface area contributed by atoms with Crippen molar-refractivity contribution in [2.45, 2.75) is 65.1 Å². The molecule has 0 amide bonds. The van der Waals surface area contributed by atoms with Gasteiger partial charge in [-0.1, -0.05) is 13.3 Å². The maximum Gasteiger partial charge on any atom is 0.185 e. The van der Waals surface area contributed by atoms with Gasteiger partial charge in [-0.05, 0) is 33.1 Å². The summed E-state index contributed by atoms with van der Waals surface area (Å²) in [5.74, 6) is 0. The number of hydrogen-bond acceptors (Lipinski definition) is 4. The highest BCUT2D eigenvalue weighted by Crippen LogP contribution is 2.28. The SMILES string of the molecule is CCCC(C)N(C)c1nc(C)c(CNC2CC2)s1. The minimum Gasteiger partial charge on any atom is -0.348 e. The maximum atomic E-state index is 4.72. The first-order valence-electron chi connectivity index (χ1n) is 7.04. The Morgan fingerprint density at radius 3 is 2.83 bits per heavy atom. The number of hydrogen-bond donors (Lipinski definition) is 1. The van der Waals surface area contributed by atoms with E-state index in [1.807, 2.05) is 11.3 Å². The van der Waals surface area contributed by atoms with Gasteiger partial charge in [-0.3, -0.25) is 0 Å². The molecule has 1 aliphatic carbocycles. The van der Waals surface area contributed by atoms with E-state index in [0.29, 0.717) is 6.04 Å². The molecule has 1 N–H and O–H groups in total. The van der Waals surface area contributed by atoms with Gasteiger partial charge < -0.3 is 10.2 Å². The van der Waals surface area contributed by atoms with E-state index in [9.17, 15) is 0 Å². The topological polar surface area (TPSA) is 28.2 Å². The van der Waals surface area contributed by atoms with Crippen molar-refractivity contribution in [1.82, 2.24) is 10.3 Å². The summed E-state index contributed by atoms with van der Waals surface area (Å²) in [7, 11) is 2.16. The van der Waals surface area contributed by atoms with E-state index >= 15 is 0 Å². The van der Waals surface area contributed by atoms with E-state index < -0.39 is 0 Å². The van der Waals surface area contributed by atoms with Gasteiger partial charge in [-0.25, -0.2) is 4.98 Å². The molecule has 0 aliphatic heterocycles. The van der Waals surface area contributed by atoms with E-state index in [0.717, 1.165) is 12.6 Å². The Morgan fingerprint density at radius 2 is 2.22 bits per heavy atom. The van der Waals surface area contributed by atoms with Gasteiger partial charge in [0.1, 0.15) is 0 Å². The number of rotatable bonds is 7. The third-order valence-corrected chi connectivity index (χ3v) is 4.93. The summed E-state index contributed by atoms with van der Waals surface area (Å²) in [5.41, 5.74) is 1.19. The van der Waals surface area contributed by atoms with Crippen molar-refractivity contribution in [3.8, 4) is 0 Å². The van der Waals surface area contributed by atoms with Crippen LogP contribution in [0.25, 0.3) is 0 Å². The van der Waals surface area contributed by atoms with Crippen LogP contribution in [0.3, 0.4) is 0 Å². The minimum atomic E-state index is 0.574. The van der Waals surface area contributed by atoms with Gasteiger partial charge in [0.15, 0.2) is 5.13 Å². The van der Waals surface area contributed by atoms with Crippen molar-refractivity contribution >= 4 is 16.5 Å². The zero-order chi connectivity index (χ0) is 13.1. The second kappa shape index (κ2) is 6.02. The van der Waals surface area contributed by atoms with Crippen LogP contribution in [0.15, 0.2) is 0 Å². The van der Waals surface area contributed by atoms with Crippen molar-refractivity contribution in [3.63, 3.8) is 0 Å². The molecule has 1 unspecified atom stereocenters. The number of aryl methyl sites for hydroxylation is 1. The van der Waals surface area contributed by atoms with Crippen molar-refractivity contribution in [2.75, 3.05) is 11.9 Å². The molecule has 3 nitrogen and oxygen atoms in total. The zero-order valence-corrected chi connectivity index (χ0v) is 12.8. The number of nitrogens with one attached hydrogen (secondary N) is 1. The normalized spacial score (nSPS) is 16.9. The molecule has 2 rings (SSSR count). The van der Waals surface area contributed by atoms with Gasteiger partial charge in [0, 0.05) is 30.6 Å². The summed E-state index contributed by atoms with van der Waals surface area (Å²) in [6.07, 6.45) is 5.15. The molecule has 18 heavy (non-hydrogen) atoms. The number of thiazole rings is 1. The average Bonchev–Trinajstić information content (AvgIpc) is 3.10. The molecule has 1 aromatic heterocycles. The lowest BCUT2D eigenvalue weighted by molar-refractivity contribution is 0.615. The average molecular weight is 267 g/mol. The highest BCUT2D eigenvalue weighted by molar-refractivity contribution is 7.15. The van der Waals surface area contributed by atoms with Crippen LogP contribution in [-0.4, -0.2) is 24.1 Å². The van der Waals surface area contributed by atoms with Crippen LogP contribution in [0.1, 0.15) is 50.1 Å². The summed E-state index contributed by atoms with van der Waals surface area (Å²) >= 11 is 1.84. The van der Waals surface area contributed by atoms with E-state index in [1.54, 1.807) is 0 Å². The molecule has 1 heterocycles. The van der Waals surface area contributed by atoms with Gasteiger partial charge in [-0.2, -0.15) is 0 Å². The van der Waals surface area contributed by atoms with Crippen LogP contribution in [0, 0.1) is 6.92 Å². The fourth-order valence-electron chi connectivity index (χ4n) is 2.05. The number of nitrogens with zero attached hydrogens (tertiary/aromatic N) is 2. The summed E-state index contributed by atoms with van der Waals surface area (Å²) in [6, 6.07) is 1.34. The van der Waals surface area contributed by atoms with Crippen molar-refractivity contribution < 1.29 is 0 Å². The van der Waals surface area contributed by atoms with E-state index in [2.05, 4.69) is 38.0 Å². The first-order valence-corrected chi connectivity index (χ1v) is 7.86. The zero-order valence-electron chi connectivity index (χ0n) is 12.0. The molecule has 1 aliphatic rings. The Kier molecular flexibility index (Phi) is 4.62. The Labute approximate surface area is 115 Å². The maximum absolute atomic E-state index is 4.72. The number of anilines is 1. The van der Waals surface area contributed by atoms with Crippen LogP contribution in [0.4, 0.5) is 5.13 Å². The summed E-state index contributed by atoms with van der Waals surface area (Å²) in [5, 5.41) is 4.74. The van der Waals surface area contributed by atoms with Gasteiger partial charge in [-0.15, -0.1) is 11.3 Å². The quantitative estimate of drug-likeness (QED) is 0.821. The molecule has 0 aromatic carbocycles. The van der Waals surface area contributed by atoms with Crippen LogP contribution < -0.4 is 10.2 Å². The molecule has 1 saturated carbocycles. The predicted molar refractivity (Wildman–Crippen MR) is 79.5 cm³/mol. The molecule has 0 bridgehead atoms. The van der Waals surface area contributed by atoms with Crippen LogP contribution in [0.2, 0.25) is 0 Å². The van der Waals surface area contributed by atoms with Crippen molar-refractivity contribution in [3.05, 3.63) is 10.6 Å². The smallest absolute Gasteiger partial charge is 0.185 e. The molecule has 4 heteroatoms. The summed E-state index contributed by atoms with van der Waals surface area (Å²) < 4.78 is 0. The molecule has 1 atom stereocenters. The molecule has 0 saturated heterocycles. The second-order valence-electron chi connectivity index (χ2n) is 5.41. The number of aromatic nitrogens is 1. The molecule has 1 aromatic rings. The lowest BCUT2D eigenvalue weighted by Crippen LogP contribution is -2.28. The molecule has 0 spiro atoms. The van der Waals surface area contributed by atoms with Crippen molar-refractivity contribution in [1.29, 1.82) is 0 Å². The molecule has 0 radical (unpaired) electrons. The predicted octanol–water partition coefficient (Wildman–Crippen LogP) is 3.33. The second-order valence-corrected chi connectivity index (χ2v) is 6.47. The fraction of sp³-hybridized carbons (Fsp3) is 0.786. The Morgan fingerprint density at radius 1 is 1.50 bits per heavy atom. The molecular formula is C14H25N3S. The Bertz CT molecular complexity index is 384. The lowest BCUT2D eigenvalue weighted by atomic mass is 10.2. The largest absolute Gasteiger partial charge is 0.348 e. The fourth-order valence-corrected chi connectivity index (χ4v) is 3.13. The highest BCUT2D eigenvalue weighted by atomic mass is 32.1. The summed E-state index contributed by atoms with van der Waals surface area (Å²) in [4.78, 5) is 8.43. The molecule has 1 fully saturated rings. The van der Waals surface area contributed by atoms with Crippen LogP contribution in [-0.2, 0) is 6.54 Å². The van der Waals surface area contributed by atoms with E-state index in [1.165, 1.54) is 41.4 Å². The Balaban J connectivity index is 1.97. The first-order chi connectivity index (χ1) is 8.61. The third-order valence-electron chi connectivity index (χ3n) is 3.68. The van der Waals surface area contributed by atoms with Gasteiger partial charge in [0.05, 0.1) is 5.69 Å².